The lowest BCUT2D eigenvalue weighted by Crippen LogP contribution is -2.60. The predicted octanol–water partition coefficient (Wildman–Crippen LogP) is 3.65. The Morgan fingerprint density at radius 1 is 1.00 bits per heavy atom. The van der Waals surface area contributed by atoms with Crippen molar-refractivity contribution in [2.75, 3.05) is 40.4 Å². The van der Waals surface area contributed by atoms with Gasteiger partial charge in [-0.25, -0.2) is 0 Å². The zero-order chi connectivity index (χ0) is 33.0. The number of amides is 3. The van der Waals surface area contributed by atoms with Gasteiger partial charge in [0.2, 0.25) is 17.7 Å². The molecule has 2 aromatic rings. The molecule has 11 nitrogen and oxygen atoms in total. The summed E-state index contributed by atoms with van der Waals surface area (Å²) in [7, 11) is 3.25. The van der Waals surface area contributed by atoms with Gasteiger partial charge in [-0.1, -0.05) is 6.07 Å². The number of methoxy groups -OCH3 is 2. The molecule has 5 rings (SSSR count). The average Bonchev–Trinajstić information content (AvgIpc) is 3.32. The van der Waals surface area contributed by atoms with Gasteiger partial charge in [-0.15, -0.1) is 0 Å². The number of aryl methyl sites for hydroxylation is 4. The van der Waals surface area contributed by atoms with Crippen LogP contribution in [0.15, 0.2) is 12.1 Å². The molecule has 4 bridgehead atoms. The van der Waals surface area contributed by atoms with Gasteiger partial charge in [0.05, 0.1) is 25.5 Å². The maximum absolute atomic E-state index is 13.9. The monoisotopic (exact) mass is 635 g/mol. The van der Waals surface area contributed by atoms with Gasteiger partial charge in [0.1, 0.15) is 0 Å². The normalized spacial score (nSPS) is 22.6. The summed E-state index contributed by atoms with van der Waals surface area (Å²) in [6.45, 7) is 8.09. The van der Waals surface area contributed by atoms with E-state index in [1.54, 1.807) is 25.8 Å². The number of carbonyl (C=O) groups excluding carboxylic acids is 4. The van der Waals surface area contributed by atoms with Crippen LogP contribution in [0.4, 0.5) is 0 Å². The molecular formula is C35H49N5O6. The number of hydrogen-bond acceptors (Lipinski definition) is 7. The number of likely N-dealkylation sites (tertiary alicyclic amines) is 1. The number of ether oxygens (including phenoxy) is 2. The van der Waals surface area contributed by atoms with Crippen molar-refractivity contribution in [3.8, 4) is 11.5 Å². The largest absolute Gasteiger partial charge is 0.493 e. The van der Waals surface area contributed by atoms with Gasteiger partial charge in [0.15, 0.2) is 17.3 Å². The molecule has 11 heteroatoms. The van der Waals surface area contributed by atoms with E-state index in [4.69, 9.17) is 9.47 Å². The van der Waals surface area contributed by atoms with Gasteiger partial charge >= 0.3 is 0 Å². The second-order valence-electron chi connectivity index (χ2n) is 13.2. The van der Waals surface area contributed by atoms with Crippen LogP contribution in [0, 0.1) is 25.7 Å². The topological polar surface area (TPSA) is 123 Å². The number of nitrogens with one attached hydrogen (secondary N) is 1. The minimum Gasteiger partial charge on any atom is -0.493 e. The Morgan fingerprint density at radius 2 is 1.80 bits per heavy atom. The van der Waals surface area contributed by atoms with Crippen molar-refractivity contribution in [1.82, 2.24) is 24.9 Å². The number of fused-ring (bicyclic) bond motifs is 6. The van der Waals surface area contributed by atoms with E-state index in [1.165, 1.54) is 0 Å². The van der Waals surface area contributed by atoms with Crippen molar-refractivity contribution < 1.29 is 28.7 Å². The fourth-order valence-electron chi connectivity index (χ4n) is 7.89. The van der Waals surface area contributed by atoms with E-state index in [1.807, 2.05) is 24.8 Å². The molecule has 2 fully saturated rings. The van der Waals surface area contributed by atoms with Gasteiger partial charge < -0.3 is 24.6 Å². The van der Waals surface area contributed by atoms with Crippen molar-refractivity contribution in [2.45, 2.75) is 91.1 Å². The summed E-state index contributed by atoms with van der Waals surface area (Å²) in [5.41, 5.74) is 4.15. The highest BCUT2D eigenvalue weighted by atomic mass is 16.5. The highest BCUT2D eigenvalue weighted by Gasteiger charge is 2.43. The number of benzene rings is 1. The van der Waals surface area contributed by atoms with E-state index in [-0.39, 0.29) is 41.4 Å². The molecule has 0 spiro atoms. The Balaban J connectivity index is 1.30. The summed E-state index contributed by atoms with van der Waals surface area (Å²) >= 11 is 0. The third-order valence-electron chi connectivity index (χ3n) is 10.0. The Bertz CT molecular complexity index is 1470. The van der Waals surface area contributed by atoms with Crippen LogP contribution in [0.3, 0.4) is 0 Å². The first-order valence-corrected chi connectivity index (χ1v) is 16.7. The summed E-state index contributed by atoms with van der Waals surface area (Å²) in [4.78, 5) is 56.1. The summed E-state index contributed by atoms with van der Waals surface area (Å²) in [6.07, 6.45) is 5.61. The second-order valence-corrected chi connectivity index (χ2v) is 13.2. The fraction of sp³-hybridized carbons (Fsp3) is 0.629. The van der Waals surface area contributed by atoms with E-state index in [9.17, 15) is 19.2 Å². The van der Waals surface area contributed by atoms with Crippen LogP contribution in [0.25, 0.3) is 0 Å². The first-order chi connectivity index (χ1) is 22.1. The van der Waals surface area contributed by atoms with Gasteiger partial charge in [-0.05, 0) is 88.3 Å². The number of Topliss-reactive ketones (excluding diaryl/α,β-unsaturated/α-hetero) is 1. The van der Waals surface area contributed by atoms with Crippen LogP contribution in [0.1, 0.15) is 84.7 Å². The summed E-state index contributed by atoms with van der Waals surface area (Å²) in [5, 5.41) is 7.57. The molecule has 0 radical (unpaired) electrons. The second kappa shape index (κ2) is 14.7. The van der Waals surface area contributed by atoms with Gasteiger partial charge in [0.25, 0.3) is 0 Å². The molecule has 0 saturated carbocycles. The minimum absolute atomic E-state index is 0.0178. The number of ketones is 1. The molecule has 250 valence electrons. The van der Waals surface area contributed by atoms with Crippen LogP contribution >= 0.6 is 0 Å². The molecule has 0 unspecified atom stereocenters. The summed E-state index contributed by atoms with van der Waals surface area (Å²) in [5.74, 6) is 1.92. The summed E-state index contributed by atoms with van der Waals surface area (Å²) in [6, 6.07) is 4.04. The lowest BCUT2D eigenvalue weighted by molar-refractivity contribution is -0.145. The Hall–Kier alpha value is -3.89. The fourth-order valence-corrected chi connectivity index (χ4v) is 7.89. The van der Waals surface area contributed by atoms with Crippen molar-refractivity contribution in [2.24, 2.45) is 11.8 Å². The molecule has 3 atom stereocenters. The molecule has 1 aromatic heterocycles. The standard InChI is InChI=1S/C35H49N5O6/c1-22-34(24(3)41)23(2)40(37-22)15-13-32(43)38-19-26-17-28(21-38)29-9-6-10-31(42)36-14-7-8-27-16-25(11-12-33(44)39(29)20-26)18-30(45-4)35(27)46-5/h16,18,26,28-29H,6-15,17,19-21H2,1-5H3,(H,36,42)/t26-,28-,29-/m0/s1. The van der Waals surface area contributed by atoms with Gasteiger partial charge in [0, 0.05) is 63.7 Å². The molecule has 3 aliphatic heterocycles. The summed E-state index contributed by atoms with van der Waals surface area (Å²) < 4.78 is 13.1. The molecule has 1 aromatic carbocycles. The Kier molecular flexibility index (Phi) is 10.7. The first kappa shape index (κ1) is 33.5. The van der Waals surface area contributed by atoms with Crippen LogP contribution in [-0.2, 0) is 33.8 Å². The molecule has 4 heterocycles. The maximum atomic E-state index is 13.9. The van der Waals surface area contributed by atoms with E-state index in [0.717, 1.165) is 42.5 Å². The van der Waals surface area contributed by atoms with Crippen molar-refractivity contribution in [3.63, 3.8) is 0 Å². The van der Waals surface area contributed by atoms with Crippen LogP contribution in [0.5, 0.6) is 11.5 Å². The molecule has 0 aliphatic carbocycles. The third-order valence-corrected chi connectivity index (χ3v) is 10.0. The number of rotatable bonds is 6. The number of aromatic nitrogens is 2. The number of nitrogens with zero attached hydrogens (tertiary/aromatic N) is 4. The van der Waals surface area contributed by atoms with Crippen molar-refractivity contribution >= 4 is 23.5 Å². The lowest BCUT2D eigenvalue weighted by atomic mass is 9.77. The molecule has 3 amide bonds. The number of piperidine rings is 2. The van der Waals surface area contributed by atoms with Crippen LogP contribution < -0.4 is 14.8 Å². The SMILES string of the molecule is COc1cc2cc(c1OC)CCCNC(=O)CCC[C@H]1[C@H]3C[C@@H](CN(C(=O)CCn4nc(C)c(C(C)=O)c4C)C3)CN1C(=O)CC2. The minimum atomic E-state index is -0.0184. The van der Waals surface area contributed by atoms with E-state index in [2.05, 4.69) is 21.4 Å². The highest BCUT2D eigenvalue weighted by molar-refractivity contribution is 5.96. The Morgan fingerprint density at radius 3 is 2.52 bits per heavy atom. The van der Waals surface area contributed by atoms with Gasteiger partial charge in [-0.3, -0.25) is 23.9 Å². The van der Waals surface area contributed by atoms with Gasteiger partial charge in [-0.2, -0.15) is 5.10 Å². The molecular weight excluding hydrogens is 586 g/mol. The molecule has 46 heavy (non-hydrogen) atoms. The third kappa shape index (κ3) is 7.39. The highest BCUT2D eigenvalue weighted by Crippen LogP contribution is 2.37. The zero-order valence-electron chi connectivity index (χ0n) is 28.0. The lowest BCUT2D eigenvalue weighted by Gasteiger charge is -2.51. The first-order valence-electron chi connectivity index (χ1n) is 16.7. The predicted molar refractivity (Wildman–Crippen MR) is 173 cm³/mol. The van der Waals surface area contributed by atoms with E-state index >= 15 is 0 Å². The van der Waals surface area contributed by atoms with Crippen LogP contribution in [-0.4, -0.2) is 89.5 Å². The van der Waals surface area contributed by atoms with E-state index in [0.29, 0.717) is 87.6 Å². The smallest absolute Gasteiger partial charge is 0.224 e. The molecule has 3 aliphatic rings. The zero-order valence-corrected chi connectivity index (χ0v) is 28.0. The van der Waals surface area contributed by atoms with Crippen molar-refractivity contribution in [1.29, 1.82) is 0 Å². The maximum Gasteiger partial charge on any atom is 0.224 e. The molecule has 1 N–H and O–H groups in total. The van der Waals surface area contributed by atoms with Crippen LogP contribution in [0.2, 0.25) is 0 Å². The quantitative estimate of drug-likeness (QED) is 0.481. The van der Waals surface area contributed by atoms with Crippen molar-refractivity contribution in [3.05, 3.63) is 40.2 Å². The Labute approximate surface area is 272 Å². The average molecular weight is 636 g/mol. The number of hydrogen-bond donors (Lipinski definition) is 1. The molecule has 2 saturated heterocycles. The van der Waals surface area contributed by atoms with E-state index < -0.39 is 0 Å². The number of carbonyl (C=O) groups is 4.